The van der Waals surface area contributed by atoms with Gasteiger partial charge < -0.3 is 9.26 Å². The molecule has 0 N–H and O–H groups in total. The van der Waals surface area contributed by atoms with Crippen LogP contribution in [0.1, 0.15) is 5.76 Å². The van der Waals surface area contributed by atoms with Crippen molar-refractivity contribution >= 4 is 15.9 Å². The molecule has 1 aromatic heterocycles. The molecule has 0 spiro atoms. The van der Waals surface area contributed by atoms with Crippen molar-refractivity contribution in [2.24, 2.45) is 0 Å². The molecular weight excluding hydrogens is 182 g/mol. The van der Waals surface area contributed by atoms with Crippen molar-refractivity contribution in [3.8, 4) is 0 Å². The Bertz CT molecular complexity index is 235. The number of rotatable bonds is 1. The first kappa shape index (κ1) is 6.37. The molecule has 1 aromatic rings. The average molecular weight is 186 g/mol. The molecule has 9 heavy (non-hydrogen) atoms. The van der Waals surface area contributed by atoms with Crippen molar-refractivity contribution in [1.29, 1.82) is 0 Å². The molecule has 0 unspecified atom stereocenters. The minimum atomic E-state index is 0.325. The van der Waals surface area contributed by atoms with Crippen LogP contribution in [0.3, 0.4) is 0 Å². The van der Waals surface area contributed by atoms with E-state index >= 15 is 0 Å². The van der Waals surface area contributed by atoms with Gasteiger partial charge in [-0.25, -0.2) is 6.57 Å². The standard InChI is InChI=1S/C6H4BrNO/c1-8-4-5-2-3-6(7)9-5/h2-3H,4H2. The zero-order chi connectivity index (χ0) is 6.69. The van der Waals surface area contributed by atoms with Gasteiger partial charge in [-0.05, 0) is 28.1 Å². The molecule has 0 amide bonds. The van der Waals surface area contributed by atoms with Gasteiger partial charge in [-0.1, -0.05) is 0 Å². The van der Waals surface area contributed by atoms with Crippen LogP contribution in [-0.2, 0) is 6.54 Å². The van der Waals surface area contributed by atoms with Crippen molar-refractivity contribution in [3.05, 3.63) is 34.0 Å². The van der Waals surface area contributed by atoms with E-state index in [9.17, 15) is 0 Å². The molecule has 0 radical (unpaired) electrons. The van der Waals surface area contributed by atoms with Gasteiger partial charge in [0.2, 0.25) is 0 Å². The maximum atomic E-state index is 6.50. The Morgan fingerprint density at radius 3 is 2.89 bits per heavy atom. The highest BCUT2D eigenvalue weighted by atomic mass is 79.9. The monoisotopic (exact) mass is 185 g/mol. The summed E-state index contributed by atoms with van der Waals surface area (Å²) in [4.78, 5) is 3.15. The number of halogens is 1. The molecule has 0 aliphatic carbocycles. The van der Waals surface area contributed by atoms with Crippen LogP contribution in [0.15, 0.2) is 21.2 Å². The molecule has 2 nitrogen and oxygen atoms in total. The van der Waals surface area contributed by atoms with E-state index in [2.05, 4.69) is 20.8 Å². The maximum absolute atomic E-state index is 6.50. The average Bonchev–Trinajstić information content (AvgIpc) is 2.17. The maximum Gasteiger partial charge on any atom is 0.271 e. The molecule has 1 heterocycles. The van der Waals surface area contributed by atoms with E-state index in [1.807, 2.05) is 0 Å². The van der Waals surface area contributed by atoms with Crippen LogP contribution in [-0.4, -0.2) is 0 Å². The van der Waals surface area contributed by atoms with E-state index < -0.39 is 0 Å². The van der Waals surface area contributed by atoms with Crippen LogP contribution in [0, 0.1) is 6.57 Å². The van der Waals surface area contributed by atoms with Crippen molar-refractivity contribution in [1.82, 2.24) is 0 Å². The molecule has 0 fully saturated rings. The molecule has 0 saturated heterocycles. The van der Waals surface area contributed by atoms with Gasteiger partial charge >= 0.3 is 0 Å². The highest BCUT2D eigenvalue weighted by molar-refractivity contribution is 9.10. The molecule has 0 aromatic carbocycles. The molecule has 1 rings (SSSR count). The Balaban J connectivity index is 2.76. The Morgan fingerprint density at radius 1 is 1.67 bits per heavy atom. The zero-order valence-corrected chi connectivity index (χ0v) is 6.18. The summed E-state index contributed by atoms with van der Waals surface area (Å²) in [5.74, 6) is 0.705. The second kappa shape index (κ2) is 2.70. The summed E-state index contributed by atoms with van der Waals surface area (Å²) >= 11 is 3.13. The van der Waals surface area contributed by atoms with Crippen LogP contribution in [0.5, 0.6) is 0 Å². The second-order valence-corrected chi connectivity index (χ2v) is 2.30. The summed E-state index contributed by atoms with van der Waals surface area (Å²) in [5.41, 5.74) is 0. The third-order valence-corrected chi connectivity index (χ3v) is 1.29. The summed E-state index contributed by atoms with van der Waals surface area (Å²) < 4.78 is 5.71. The number of furan rings is 1. The molecular formula is C6H4BrNO. The summed E-state index contributed by atoms with van der Waals surface area (Å²) in [7, 11) is 0. The molecule has 0 aliphatic rings. The van der Waals surface area contributed by atoms with E-state index in [1.165, 1.54) is 0 Å². The van der Waals surface area contributed by atoms with Crippen molar-refractivity contribution in [3.63, 3.8) is 0 Å². The number of nitrogens with zero attached hydrogens (tertiary/aromatic N) is 1. The predicted octanol–water partition coefficient (Wildman–Crippen LogP) is 2.46. The fourth-order valence-electron chi connectivity index (χ4n) is 0.515. The quantitative estimate of drug-likeness (QED) is 0.615. The highest BCUT2D eigenvalue weighted by Crippen LogP contribution is 2.14. The molecule has 0 saturated carbocycles. The molecule has 3 heteroatoms. The van der Waals surface area contributed by atoms with E-state index in [1.54, 1.807) is 12.1 Å². The van der Waals surface area contributed by atoms with E-state index in [0.29, 0.717) is 17.0 Å². The van der Waals surface area contributed by atoms with Gasteiger partial charge in [0.05, 0.1) is 0 Å². The first-order chi connectivity index (χ1) is 4.33. The lowest BCUT2D eigenvalue weighted by Crippen LogP contribution is -1.67. The highest BCUT2D eigenvalue weighted by Gasteiger charge is 1.98. The van der Waals surface area contributed by atoms with E-state index in [0.717, 1.165) is 0 Å². The Hall–Kier alpha value is -0.750. The third kappa shape index (κ3) is 1.58. The van der Waals surface area contributed by atoms with Gasteiger partial charge in [0.15, 0.2) is 10.4 Å². The van der Waals surface area contributed by atoms with Crippen LogP contribution < -0.4 is 0 Å². The van der Waals surface area contributed by atoms with E-state index in [4.69, 9.17) is 11.0 Å². The summed E-state index contributed by atoms with van der Waals surface area (Å²) in [6.45, 7) is 6.82. The summed E-state index contributed by atoms with van der Waals surface area (Å²) in [5, 5.41) is 0. The lowest BCUT2D eigenvalue weighted by molar-refractivity contribution is 0.499. The number of hydrogen-bond acceptors (Lipinski definition) is 1. The topological polar surface area (TPSA) is 17.5 Å². The van der Waals surface area contributed by atoms with Gasteiger partial charge in [0, 0.05) is 0 Å². The van der Waals surface area contributed by atoms with Crippen molar-refractivity contribution < 1.29 is 4.42 Å². The van der Waals surface area contributed by atoms with Crippen molar-refractivity contribution in [2.45, 2.75) is 6.54 Å². The van der Waals surface area contributed by atoms with Crippen LogP contribution >= 0.6 is 15.9 Å². The van der Waals surface area contributed by atoms with Gasteiger partial charge in [0.1, 0.15) is 0 Å². The van der Waals surface area contributed by atoms with E-state index in [-0.39, 0.29) is 0 Å². The van der Waals surface area contributed by atoms with Crippen LogP contribution in [0.25, 0.3) is 4.85 Å². The van der Waals surface area contributed by atoms with Crippen molar-refractivity contribution in [2.75, 3.05) is 0 Å². The minimum Gasteiger partial charge on any atom is -0.446 e. The fourth-order valence-corrected chi connectivity index (χ4v) is 0.855. The fraction of sp³-hybridized carbons (Fsp3) is 0.167. The summed E-state index contributed by atoms with van der Waals surface area (Å²) in [6, 6.07) is 3.56. The predicted molar refractivity (Wildman–Crippen MR) is 36.7 cm³/mol. The van der Waals surface area contributed by atoms with Crippen LogP contribution in [0.2, 0.25) is 0 Å². The first-order valence-corrected chi connectivity index (χ1v) is 3.19. The number of hydrogen-bond donors (Lipinski definition) is 0. The van der Waals surface area contributed by atoms with Gasteiger partial charge in [0.25, 0.3) is 6.54 Å². The molecule has 46 valence electrons. The SMILES string of the molecule is [C-]#[N+]Cc1ccc(Br)o1. The van der Waals surface area contributed by atoms with Gasteiger partial charge in [-0.3, -0.25) is 0 Å². The second-order valence-electron chi connectivity index (χ2n) is 1.52. The zero-order valence-electron chi connectivity index (χ0n) is 4.60. The molecule has 0 bridgehead atoms. The molecule has 0 atom stereocenters. The lowest BCUT2D eigenvalue weighted by Gasteiger charge is -1.78. The minimum absolute atomic E-state index is 0.325. The third-order valence-electron chi connectivity index (χ3n) is 0.864. The Kier molecular flexibility index (Phi) is 1.91. The normalized spacial score (nSPS) is 8.89. The summed E-state index contributed by atoms with van der Waals surface area (Å²) in [6.07, 6.45) is 0. The largest absolute Gasteiger partial charge is 0.446 e. The lowest BCUT2D eigenvalue weighted by atomic mass is 10.5. The van der Waals surface area contributed by atoms with Gasteiger partial charge in [-0.2, -0.15) is 0 Å². The first-order valence-electron chi connectivity index (χ1n) is 2.40. The Morgan fingerprint density at radius 2 is 2.44 bits per heavy atom. The smallest absolute Gasteiger partial charge is 0.271 e. The van der Waals surface area contributed by atoms with Crippen LogP contribution in [0.4, 0.5) is 0 Å². The Labute approximate surface area is 61.4 Å². The molecule has 0 aliphatic heterocycles. The van der Waals surface area contributed by atoms with Gasteiger partial charge in [-0.15, -0.1) is 0 Å².